The first kappa shape index (κ1) is 11.3. The van der Waals surface area contributed by atoms with Gasteiger partial charge >= 0.3 is 0 Å². The lowest BCUT2D eigenvalue weighted by atomic mass is 10.2. The number of likely N-dealkylation sites (N-methyl/N-ethyl adjacent to an activating group) is 1. The Bertz CT molecular complexity index is 517. The van der Waals surface area contributed by atoms with Crippen molar-refractivity contribution in [2.75, 3.05) is 7.05 Å². The molecular formula is C11H11N3O3. The van der Waals surface area contributed by atoms with Crippen molar-refractivity contribution in [2.45, 2.75) is 6.04 Å². The van der Waals surface area contributed by atoms with E-state index in [1.54, 1.807) is 31.4 Å². The first-order chi connectivity index (χ1) is 8.26. The Kier molecular flexibility index (Phi) is 3.15. The molecule has 0 radical (unpaired) electrons. The summed E-state index contributed by atoms with van der Waals surface area (Å²) in [7, 11) is 1.61. The molecule has 2 rings (SSSR count). The molecule has 17 heavy (non-hydrogen) atoms. The van der Waals surface area contributed by atoms with E-state index in [1.165, 1.54) is 0 Å². The molecule has 0 aromatic carbocycles. The van der Waals surface area contributed by atoms with Crippen molar-refractivity contribution >= 4 is 23.4 Å². The lowest BCUT2D eigenvalue weighted by Gasteiger charge is -2.10. The molecule has 0 spiro atoms. The number of hydrogen-bond acceptors (Lipinski definition) is 5. The fourth-order valence-electron chi connectivity index (χ4n) is 1.57. The topological polar surface area (TPSA) is 84.2 Å². The number of imide groups is 1. The van der Waals surface area contributed by atoms with Gasteiger partial charge in [-0.25, -0.2) is 0 Å². The summed E-state index contributed by atoms with van der Waals surface area (Å²) in [4.78, 5) is 25.9. The number of nitrogens with one attached hydrogen (secondary N) is 2. The van der Waals surface area contributed by atoms with Gasteiger partial charge in [0.25, 0.3) is 5.91 Å². The number of pyridine rings is 1. The molecule has 88 valence electrons. The number of carbonyl (C=O) groups is 2. The van der Waals surface area contributed by atoms with Crippen molar-refractivity contribution in [2.24, 2.45) is 0 Å². The molecule has 0 aliphatic heterocycles. The van der Waals surface area contributed by atoms with Gasteiger partial charge in [-0.2, -0.15) is 0 Å². The lowest BCUT2D eigenvalue weighted by Crippen LogP contribution is -2.34. The Balaban J connectivity index is 2.36. The van der Waals surface area contributed by atoms with Crippen LogP contribution in [0, 0.1) is 0 Å². The number of furan rings is 1. The van der Waals surface area contributed by atoms with Gasteiger partial charge in [0, 0.05) is 12.3 Å². The zero-order chi connectivity index (χ0) is 12.3. The summed E-state index contributed by atoms with van der Waals surface area (Å²) in [5.41, 5.74) is 1.27. The zero-order valence-corrected chi connectivity index (χ0v) is 9.14. The van der Waals surface area contributed by atoms with Gasteiger partial charge in [-0.15, -0.1) is 0 Å². The van der Waals surface area contributed by atoms with Crippen molar-refractivity contribution in [1.29, 1.82) is 0 Å². The van der Waals surface area contributed by atoms with E-state index in [0.717, 1.165) is 0 Å². The van der Waals surface area contributed by atoms with Crippen molar-refractivity contribution < 1.29 is 14.0 Å². The van der Waals surface area contributed by atoms with Crippen LogP contribution in [0.5, 0.6) is 0 Å². The Hall–Kier alpha value is -2.21. The van der Waals surface area contributed by atoms with Crippen LogP contribution < -0.4 is 10.6 Å². The molecule has 0 aliphatic rings. The van der Waals surface area contributed by atoms with Crippen LogP contribution in [-0.4, -0.2) is 24.3 Å². The molecule has 2 aromatic rings. The highest BCUT2D eigenvalue weighted by molar-refractivity contribution is 5.91. The summed E-state index contributed by atoms with van der Waals surface area (Å²) in [6, 6.07) is 4.46. The van der Waals surface area contributed by atoms with Crippen LogP contribution in [-0.2, 0) is 9.59 Å². The number of aromatic nitrogens is 1. The summed E-state index contributed by atoms with van der Waals surface area (Å²) in [5.74, 6) is -0.0536. The molecule has 6 heteroatoms. The van der Waals surface area contributed by atoms with Gasteiger partial charge < -0.3 is 9.73 Å². The fraction of sp³-hybridized carbons (Fsp3) is 0.182. The van der Waals surface area contributed by atoms with Crippen molar-refractivity contribution in [3.63, 3.8) is 0 Å². The van der Waals surface area contributed by atoms with Crippen LogP contribution in [0.2, 0.25) is 0 Å². The molecule has 0 saturated carbocycles. The molecule has 1 unspecified atom stereocenters. The highest BCUT2D eigenvalue weighted by atomic mass is 16.3. The lowest BCUT2D eigenvalue weighted by molar-refractivity contribution is -0.127. The molecule has 2 aromatic heterocycles. The molecule has 1 atom stereocenters. The number of rotatable bonds is 4. The largest absolute Gasteiger partial charge is 0.457 e. The summed E-state index contributed by atoms with van der Waals surface area (Å²) >= 11 is 0. The molecule has 2 amide bonds. The van der Waals surface area contributed by atoms with Crippen LogP contribution in [0.15, 0.2) is 28.8 Å². The minimum Gasteiger partial charge on any atom is -0.457 e. The molecule has 0 fully saturated rings. The van der Waals surface area contributed by atoms with Crippen LogP contribution in [0.3, 0.4) is 0 Å². The average Bonchev–Trinajstić information content (AvgIpc) is 2.73. The first-order valence-corrected chi connectivity index (χ1v) is 5.02. The molecule has 2 N–H and O–H groups in total. The molecule has 0 aliphatic carbocycles. The van der Waals surface area contributed by atoms with Crippen molar-refractivity contribution in [3.8, 4) is 0 Å². The van der Waals surface area contributed by atoms with Gasteiger partial charge in [0.15, 0.2) is 5.58 Å². The van der Waals surface area contributed by atoms with E-state index in [9.17, 15) is 9.59 Å². The number of carbonyl (C=O) groups excluding carboxylic acids is 2. The van der Waals surface area contributed by atoms with E-state index in [1.807, 2.05) is 0 Å². The van der Waals surface area contributed by atoms with Gasteiger partial charge in [0.2, 0.25) is 6.41 Å². The second-order valence-electron chi connectivity index (χ2n) is 3.38. The van der Waals surface area contributed by atoms with Gasteiger partial charge in [0.1, 0.15) is 17.3 Å². The zero-order valence-electron chi connectivity index (χ0n) is 9.14. The molecule has 6 nitrogen and oxygen atoms in total. The number of hydrogen-bond donors (Lipinski definition) is 2. The third kappa shape index (κ3) is 2.16. The van der Waals surface area contributed by atoms with Gasteiger partial charge in [-0.1, -0.05) is 0 Å². The fourth-order valence-corrected chi connectivity index (χ4v) is 1.57. The summed E-state index contributed by atoms with van der Waals surface area (Å²) in [6.45, 7) is 0. The molecule has 0 bridgehead atoms. The smallest absolute Gasteiger partial charge is 0.251 e. The average molecular weight is 233 g/mol. The van der Waals surface area contributed by atoms with E-state index < -0.39 is 11.9 Å². The van der Waals surface area contributed by atoms with E-state index >= 15 is 0 Å². The molecule has 0 saturated heterocycles. The number of nitrogens with zero attached hydrogens (tertiary/aromatic N) is 1. The molecular weight excluding hydrogens is 222 g/mol. The van der Waals surface area contributed by atoms with Crippen LogP contribution in [0.1, 0.15) is 11.8 Å². The summed E-state index contributed by atoms with van der Waals surface area (Å²) < 4.78 is 5.49. The maximum Gasteiger partial charge on any atom is 0.251 e. The SMILES string of the molecule is CNC(C(=O)NC=O)c1cc2ncccc2o1. The van der Waals surface area contributed by atoms with Gasteiger partial charge in [-0.05, 0) is 19.2 Å². The maximum atomic E-state index is 11.6. The van der Waals surface area contributed by atoms with Gasteiger partial charge in [-0.3, -0.25) is 19.9 Å². The van der Waals surface area contributed by atoms with E-state index in [2.05, 4.69) is 15.6 Å². The summed E-state index contributed by atoms with van der Waals surface area (Å²) in [6.07, 6.45) is 1.98. The first-order valence-electron chi connectivity index (χ1n) is 5.02. The highest BCUT2D eigenvalue weighted by Crippen LogP contribution is 2.22. The predicted molar refractivity (Wildman–Crippen MR) is 60.0 cm³/mol. The normalized spacial score (nSPS) is 12.3. The maximum absolute atomic E-state index is 11.6. The Morgan fingerprint density at radius 1 is 1.59 bits per heavy atom. The third-order valence-electron chi connectivity index (χ3n) is 2.34. The van der Waals surface area contributed by atoms with Crippen molar-refractivity contribution in [3.05, 3.63) is 30.2 Å². The van der Waals surface area contributed by atoms with Crippen LogP contribution >= 0.6 is 0 Å². The monoisotopic (exact) mass is 233 g/mol. The standard InChI is InChI=1S/C11H11N3O3/c1-12-10(11(16)14-6-15)9-5-7-8(17-9)3-2-4-13-7/h2-6,10,12H,1H3,(H,14,15,16). The predicted octanol–water partition coefficient (Wildman–Crippen LogP) is 0.361. The van der Waals surface area contributed by atoms with Crippen molar-refractivity contribution in [1.82, 2.24) is 15.6 Å². The Labute approximate surface area is 97.0 Å². The van der Waals surface area contributed by atoms with Gasteiger partial charge in [0.05, 0.1) is 0 Å². The van der Waals surface area contributed by atoms with E-state index in [0.29, 0.717) is 23.3 Å². The van der Waals surface area contributed by atoms with E-state index in [4.69, 9.17) is 4.42 Å². The Morgan fingerprint density at radius 2 is 2.41 bits per heavy atom. The number of amides is 2. The third-order valence-corrected chi connectivity index (χ3v) is 2.34. The Morgan fingerprint density at radius 3 is 3.06 bits per heavy atom. The highest BCUT2D eigenvalue weighted by Gasteiger charge is 2.22. The second-order valence-corrected chi connectivity index (χ2v) is 3.38. The van der Waals surface area contributed by atoms with E-state index in [-0.39, 0.29) is 0 Å². The quantitative estimate of drug-likeness (QED) is 0.745. The number of fused-ring (bicyclic) bond motifs is 1. The summed E-state index contributed by atoms with van der Waals surface area (Å²) in [5, 5.41) is 4.85. The van der Waals surface area contributed by atoms with Crippen LogP contribution in [0.4, 0.5) is 0 Å². The minimum atomic E-state index is -0.714. The molecule has 2 heterocycles. The van der Waals surface area contributed by atoms with Crippen LogP contribution in [0.25, 0.3) is 11.1 Å². The minimum absolute atomic E-state index is 0.341. The second kappa shape index (κ2) is 4.75.